The number of nitrogens with one attached hydrogen (secondary N) is 2. The maximum Gasteiger partial charge on any atom is 0.243 e. The molecule has 27 heavy (non-hydrogen) atoms. The van der Waals surface area contributed by atoms with Crippen molar-refractivity contribution in [2.45, 2.75) is 32.1 Å². The molecule has 140 valence electrons. The zero-order valence-corrected chi connectivity index (χ0v) is 15.8. The summed E-state index contributed by atoms with van der Waals surface area (Å²) in [5.74, 6) is -0.148. The van der Waals surface area contributed by atoms with Crippen molar-refractivity contribution in [2.24, 2.45) is 5.92 Å². The first-order valence-corrected chi connectivity index (χ1v) is 10.2. The molecule has 0 atom stereocenters. The molecule has 0 saturated heterocycles. The topological polar surface area (TPSA) is 75.5 Å². The van der Waals surface area contributed by atoms with Crippen molar-refractivity contribution in [1.82, 2.24) is 14.7 Å². The SMILES string of the molecule is O=C(CNC(=O)C1CCCCC1)Nc1ccc(-c2cn3ccsc3n2)cc1. The van der Waals surface area contributed by atoms with Crippen molar-refractivity contribution in [3.8, 4) is 11.3 Å². The average Bonchev–Trinajstić information content (AvgIpc) is 3.30. The van der Waals surface area contributed by atoms with Gasteiger partial charge in [-0.2, -0.15) is 0 Å². The van der Waals surface area contributed by atoms with Crippen LogP contribution in [0.1, 0.15) is 32.1 Å². The highest BCUT2D eigenvalue weighted by Gasteiger charge is 2.21. The molecule has 6 nitrogen and oxygen atoms in total. The molecule has 0 bridgehead atoms. The van der Waals surface area contributed by atoms with Gasteiger partial charge in [0.25, 0.3) is 0 Å². The lowest BCUT2D eigenvalue weighted by atomic mass is 9.89. The summed E-state index contributed by atoms with van der Waals surface area (Å²) < 4.78 is 1.99. The largest absolute Gasteiger partial charge is 0.347 e. The van der Waals surface area contributed by atoms with Crippen LogP contribution < -0.4 is 10.6 Å². The highest BCUT2D eigenvalue weighted by Crippen LogP contribution is 2.24. The maximum atomic E-state index is 12.1. The first-order chi connectivity index (χ1) is 13.2. The van der Waals surface area contributed by atoms with Crippen molar-refractivity contribution in [2.75, 3.05) is 11.9 Å². The molecule has 2 aromatic heterocycles. The fraction of sp³-hybridized carbons (Fsp3) is 0.350. The van der Waals surface area contributed by atoms with Gasteiger partial charge in [0.2, 0.25) is 11.8 Å². The minimum atomic E-state index is -0.214. The Hall–Kier alpha value is -2.67. The second kappa shape index (κ2) is 7.92. The minimum Gasteiger partial charge on any atom is -0.347 e. The molecule has 1 saturated carbocycles. The number of aromatic nitrogens is 2. The van der Waals surface area contributed by atoms with E-state index in [1.54, 1.807) is 11.3 Å². The van der Waals surface area contributed by atoms with Gasteiger partial charge in [0, 0.05) is 34.9 Å². The van der Waals surface area contributed by atoms with Gasteiger partial charge < -0.3 is 10.6 Å². The van der Waals surface area contributed by atoms with E-state index in [0.717, 1.165) is 41.9 Å². The molecule has 4 rings (SSSR count). The van der Waals surface area contributed by atoms with Crippen LogP contribution in [0.15, 0.2) is 42.0 Å². The number of imidazole rings is 1. The number of carbonyl (C=O) groups excluding carboxylic acids is 2. The maximum absolute atomic E-state index is 12.1. The molecule has 7 heteroatoms. The number of rotatable bonds is 5. The van der Waals surface area contributed by atoms with Gasteiger partial charge in [0.1, 0.15) is 0 Å². The molecule has 0 unspecified atom stereocenters. The van der Waals surface area contributed by atoms with E-state index in [0.29, 0.717) is 5.69 Å². The second-order valence-electron chi connectivity index (χ2n) is 6.90. The number of carbonyl (C=O) groups is 2. The Morgan fingerprint density at radius 3 is 2.67 bits per heavy atom. The lowest BCUT2D eigenvalue weighted by Gasteiger charge is -2.20. The summed E-state index contributed by atoms with van der Waals surface area (Å²) in [5.41, 5.74) is 2.60. The highest BCUT2D eigenvalue weighted by molar-refractivity contribution is 7.15. The van der Waals surface area contributed by atoms with Gasteiger partial charge in [-0.15, -0.1) is 11.3 Å². The fourth-order valence-corrected chi connectivity index (χ4v) is 4.17. The van der Waals surface area contributed by atoms with E-state index >= 15 is 0 Å². The number of anilines is 1. The third-order valence-corrected chi connectivity index (χ3v) is 5.73. The van der Waals surface area contributed by atoms with Crippen LogP contribution in [0.3, 0.4) is 0 Å². The summed E-state index contributed by atoms with van der Waals surface area (Å²) in [6.45, 7) is 0.00834. The third-order valence-electron chi connectivity index (χ3n) is 4.96. The van der Waals surface area contributed by atoms with Gasteiger partial charge in [-0.05, 0) is 25.0 Å². The molecule has 0 spiro atoms. The number of nitrogens with zero attached hydrogens (tertiary/aromatic N) is 2. The van der Waals surface area contributed by atoms with Crippen LogP contribution in [0.2, 0.25) is 0 Å². The van der Waals surface area contributed by atoms with Crippen molar-refractivity contribution in [1.29, 1.82) is 0 Å². The number of amides is 2. The van der Waals surface area contributed by atoms with Crippen molar-refractivity contribution in [3.05, 3.63) is 42.0 Å². The number of benzene rings is 1. The second-order valence-corrected chi connectivity index (χ2v) is 7.77. The lowest BCUT2D eigenvalue weighted by molar-refractivity contribution is -0.128. The first-order valence-electron chi connectivity index (χ1n) is 9.29. The van der Waals surface area contributed by atoms with Crippen LogP contribution in [0.4, 0.5) is 5.69 Å². The molecule has 1 aromatic carbocycles. The van der Waals surface area contributed by atoms with E-state index in [1.165, 1.54) is 6.42 Å². The summed E-state index contributed by atoms with van der Waals surface area (Å²) in [7, 11) is 0. The van der Waals surface area contributed by atoms with Gasteiger partial charge in [-0.3, -0.25) is 14.0 Å². The van der Waals surface area contributed by atoms with Gasteiger partial charge in [0.05, 0.1) is 12.2 Å². The summed E-state index contributed by atoms with van der Waals surface area (Å²) in [6.07, 6.45) is 9.24. The van der Waals surface area contributed by atoms with Crippen LogP contribution in [-0.4, -0.2) is 27.7 Å². The van der Waals surface area contributed by atoms with Crippen LogP contribution >= 0.6 is 11.3 Å². The Morgan fingerprint density at radius 2 is 1.93 bits per heavy atom. The summed E-state index contributed by atoms with van der Waals surface area (Å²) in [5, 5.41) is 7.58. The first kappa shape index (κ1) is 17.7. The van der Waals surface area contributed by atoms with Crippen molar-refractivity contribution < 1.29 is 9.59 Å². The molecule has 3 aromatic rings. The highest BCUT2D eigenvalue weighted by atomic mass is 32.1. The molecule has 1 aliphatic carbocycles. The Kier molecular flexibility index (Phi) is 5.20. The number of fused-ring (bicyclic) bond motifs is 1. The van der Waals surface area contributed by atoms with E-state index in [2.05, 4.69) is 15.6 Å². The number of hydrogen-bond donors (Lipinski definition) is 2. The number of hydrogen-bond acceptors (Lipinski definition) is 4. The van der Waals surface area contributed by atoms with Crippen LogP contribution in [0.5, 0.6) is 0 Å². The van der Waals surface area contributed by atoms with E-state index in [1.807, 2.05) is 46.4 Å². The minimum absolute atomic E-state index is 0.0000481. The Bertz CT molecular complexity index is 910. The fourth-order valence-electron chi connectivity index (χ4n) is 3.47. The molecule has 2 heterocycles. The molecule has 2 amide bonds. The molecule has 0 aliphatic heterocycles. The van der Waals surface area contributed by atoms with E-state index in [-0.39, 0.29) is 24.3 Å². The van der Waals surface area contributed by atoms with Crippen molar-refractivity contribution >= 4 is 33.8 Å². The summed E-state index contributed by atoms with van der Waals surface area (Å²) >= 11 is 1.59. The van der Waals surface area contributed by atoms with Crippen LogP contribution in [0.25, 0.3) is 16.2 Å². The zero-order valence-electron chi connectivity index (χ0n) is 15.0. The summed E-state index contributed by atoms with van der Waals surface area (Å²) in [6, 6.07) is 7.57. The van der Waals surface area contributed by atoms with E-state index in [9.17, 15) is 9.59 Å². The molecule has 1 fully saturated rings. The smallest absolute Gasteiger partial charge is 0.243 e. The molecule has 1 aliphatic rings. The van der Waals surface area contributed by atoms with E-state index < -0.39 is 0 Å². The summed E-state index contributed by atoms with van der Waals surface area (Å²) in [4.78, 5) is 29.7. The monoisotopic (exact) mass is 382 g/mol. The predicted molar refractivity (Wildman–Crippen MR) is 107 cm³/mol. The number of thiazole rings is 1. The molecule has 2 N–H and O–H groups in total. The Labute approximate surface area is 161 Å². The van der Waals surface area contributed by atoms with Gasteiger partial charge >= 0.3 is 0 Å². The van der Waals surface area contributed by atoms with Crippen molar-refractivity contribution in [3.63, 3.8) is 0 Å². The average molecular weight is 382 g/mol. The molecule has 0 radical (unpaired) electrons. The quantitative estimate of drug-likeness (QED) is 0.706. The zero-order chi connectivity index (χ0) is 18.6. The van der Waals surface area contributed by atoms with Crippen LogP contribution in [0, 0.1) is 5.92 Å². The van der Waals surface area contributed by atoms with Gasteiger partial charge in [-0.1, -0.05) is 31.4 Å². The van der Waals surface area contributed by atoms with Gasteiger partial charge in [-0.25, -0.2) is 4.98 Å². The Morgan fingerprint density at radius 1 is 1.15 bits per heavy atom. The predicted octanol–water partition coefficient (Wildman–Crippen LogP) is 3.70. The normalized spacial score (nSPS) is 15.0. The standard InChI is InChI=1S/C20H22N4O2S/c25-18(12-21-19(26)15-4-2-1-3-5-15)22-16-8-6-14(7-9-16)17-13-24-10-11-27-20(24)23-17/h6-11,13,15H,1-5,12H2,(H,21,26)(H,22,25). The molecular weight excluding hydrogens is 360 g/mol. The Balaban J connectivity index is 1.30. The van der Waals surface area contributed by atoms with Crippen LogP contribution in [-0.2, 0) is 9.59 Å². The lowest BCUT2D eigenvalue weighted by Crippen LogP contribution is -2.37. The third kappa shape index (κ3) is 4.19. The van der Waals surface area contributed by atoms with Gasteiger partial charge in [0.15, 0.2) is 4.96 Å². The molecular formula is C20H22N4O2S. The van der Waals surface area contributed by atoms with E-state index in [4.69, 9.17) is 0 Å².